The first-order valence-corrected chi connectivity index (χ1v) is 5.76. The number of carbonyl (C=O) groups is 1. The Kier molecular flexibility index (Phi) is 8.27. The van der Waals surface area contributed by atoms with E-state index in [0.29, 0.717) is 10.7 Å². The van der Waals surface area contributed by atoms with Crippen LogP contribution in [0.25, 0.3) is 0 Å². The van der Waals surface area contributed by atoms with Crippen LogP contribution in [0, 0.1) is 0 Å². The maximum Gasteiger partial charge on any atom is 0.270 e. The third kappa shape index (κ3) is 4.98. The normalized spacial score (nSPS) is 15.2. The van der Waals surface area contributed by atoms with Crippen LogP contribution in [0.5, 0.6) is 0 Å². The first kappa shape index (κ1) is 17.4. The molecule has 7 heteroatoms. The van der Waals surface area contributed by atoms with Crippen LogP contribution in [-0.2, 0) is 0 Å². The fraction of sp³-hybridized carbons (Fsp3) is 0.455. The lowest BCUT2D eigenvalue weighted by molar-refractivity contribution is 0.0924. The summed E-state index contributed by atoms with van der Waals surface area (Å²) < 4.78 is 0. The predicted octanol–water partition coefficient (Wildman–Crippen LogP) is 2.06. The van der Waals surface area contributed by atoms with E-state index in [1.807, 2.05) is 0 Å². The van der Waals surface area contributed by atoms with Gasteiger partial charge in [-0.25, -0.2) is 4.98 Å². The first-order valence-electron chi connectivity index (χ1n) is 5.39. The van der Waals surface area contributed by atoms with Gasteiger partial charge in [-0.3, -0.25) is 4.79 Å². The molecule has 2 rings (SSSR count). The highest BCUT2D eigenvalue weighted by molar-refractivity contribution is 6.30. The molecule has 0 saturated carbocycles. The Bertz CT molecular complexity index is 366. The van der Waals surface area contributed by atoms with Crippen molar-refractivity contribution in [3.8, 4) is 0 Å². The second kappa shape index (κ2) is 8.53. The zero-order valence-corrected chi connectivity index (χ0v) is 12.1. The number of carbonyl (C=O) groups excluding carboxylic acids is 1. The van der Waals surface area contributed by atoms with Crippen LogP contribution < -0.4 is 10.6 Å². The van der Waals surface area contributed by atoms with Crippen molar-refractivity contribution in [1.29, 1.82) is 0 Å². The summed E-state index contributed by atoms with van der Waals surface area (Å²) in [6.07, 6.45) is 3.43. The van der Waals surface area contributed by atoms with E-state index in [9.17, 15) is 4.79 Å². The van der Waals surface area contributed by atoms with Crippen LogP contribution >= 0.6 is 36.4 Å². The molecular weight excluding hydrogens is 296 g/mol. The third-order valence-electron chi connectivity index (χ3n) is 2.63. The van der Waals surface area contributed by atoms with Gasteiger partial charge in [0, 0.05) is 12.2 Å². The smallest absolute Gasteiger partial charge is 0.270 e. The minimum Gasteiger partial charge on any atom is -0.348 e. The van der Waals surface area contributed by atoms with Crippen molar-refractivity contribution in [2.24, 2.45) is 0 Å². The highest BCUT2D eigenvalue weighted by atomic mass is 35.5. The number of halogens is 3. The molecule has 1 aromatic heterocycles. The van der Waals surface area contributed by atoms with E-state index in [-0.39, 0.29) is 36.8 Å². The molecule has 1 saturated heterocycles. The van der Waals surface area contributed by atoms with Gasteiger partial charge in [-0.2, -0.15) is 0 Å². The highest BCUT2D eigenvalue weighted by Gasteiger charge is 2.16. The number of hydrogen-bond acceptors (Lipinski definition) is 3. The van der Waals surface area contributed by atoms with Crippen molar-refractivity contribution in [2.45, 2.75) is 18.9 Å². The van der Waals surface area contributed by atoms with E-state index in [0.717, 1.165) is 25.9 Å². The Labute approximate surface area is 124 Å². The molecule has 18 heavy (non-hydrogen) atoms. The molecule has 1 aromatic rings. The molecule has 0 radical (unpaired) electrons. The lowest BCUT2D eigenvalue weighted by Crippen LogP contribution is -2.42. The lowest BCUT2D eigenvalue weighted by atomic mass is 10.1. The summed E-state index contributed by atoms with van der Waals surface area (Å²) in [4.78, 5) is 15.8. The molecule has 1 aliphatic rings. The zero-order chi connectivity index (χ0) is 11.4. The topological polar surface area (TPSA) is 54.0 Å². The summed E-state index contributed by atoms with van der Waals surface area (Å²) >= 11 is 5.71. The fourth-order valence-electron chi connectivity index (χ4n) is 1.74. The second-order valence-electron chi connectivity index (χ2n) is 3.86. The molecule has 0 bridgehead atoms. The minimum atomic E-state index is -0.122. The van der Waals surface area contributed by atoms with Gasteiger partial charge in [0.2, 0.25) is 0 Å². The summed E-state index contributed by atoms with van der Waals surface area (Å²) in [5.74, 6) is -0.122. The van der Waals surface area contributed by atoms with Gasteiger partial charge in [0.25, 0.3) is 5.91 Å². The van der Waals surface area contributed by atoms with Gasteiger partial charge in [-0.1, -0.05) is 11.6 Å². The molecule has 4 nitrogen and oxygen atoms in total. The van der Waals surface area contributed by atoms with Gasteiger partial charge in [-0.05, 0) is 38.1 Å². The van der Waals surface area contributed by atoms with E-state index >= 15 is 0 Å². The van der Waals surface area contributed by atoms with Crippen LogP contribution in [-0.4, -0.2) is 30.0 Å². The predicted molar refractivity (Wildman–Crippen MR) is 77.1 cm³/mol. The quantitative estimate of drug-likeness (QED) is 0.879. The average molecular weight is 313 g/mol. The molecule has 1 aliphatic heterocycles. The number of amides is 1. The molecule has 2 heterocycles. The molecule has 102 valence electrons. The number of nitrogens with one attached hydrogen (secondary N) is 2. The Balaban J connectivity index is 0.00000144. The lowest BCUT2D eigenvalue weighted by Gasteiger charge is -2.23. The summed E-state index contributed by atoms with van der Waals surface area (Å²) in [5.41, 5.74) is 0.419. The maximum absolute atomic E-state index is 11.8. The number of rotatable bonds is 2. The molecule has 0 aromatic carbocycles. The standard InChI is InChI=1S/C11H14ClN3O.2ClH/c12-8-1-2-10(14-7-8)11(16)15-9-3-5-13-6-4-9;;/h1-2,7,9,13H,3-6H2,(H,15,16);2*1H. The third-order valence-corrected chi connectivity index (χ3v) is 2.86. The first-order chi connectivity index (χ1) is 7.75. The number of pyridine rings is 1. The molecule has 2 N–H and O–H groups in total. The average Bonchev–Trinajstić information content (AvgIpc) is 2.31. The molecule has 0 unspecified atom stereocenters. The summed E-state index contributed by atoms with van der Waals surface area (Å²) in [7, 11) is 0. The van der Waals surface area contributed by atoms with Gasteiger partial charge in [0.15, 0.2) is 0 Å². The zero-order valence-electron chi connectivity index (χ0n) is 9.69. The monoisotopic (exact) mass is 311 g/mol. The molecule has 0 spiro atoms. The van der Waals surface area contributed by atoms with E-state index in [1.54, 1.807) is 12.1 Å². The van der Waals surface area contributed by atoms with Crippen molar-refractivity contribution in [3.63, 3.8) is 0 Å². The Morgan fingerprint density at radius 1 is 1.33 bits per heavy atom. The van der Waals surface area contributed by atoms with E-state index in [2.05, 4.69) is 15.6 Å². The molecule has 0 aliphatic carbocycles. The van der Waals surface area contributed by atoms with Gasteiger partial charge in [-0.15, -0.1) is 24.8 Å². The molecule has 0 atom stereocenters. The Hall–Kier alpha value is -0.550. The van der Waals surface area contributed by atoms with Crippen molar-refractivity contribution >= 4 is 42.3 Å². The molecule has 1 amide bonds. The summed E-state index contributed by atoms with van der Waals surface area (Å²) in [6.45, 7) is 1.91. The van der Waals surface area contributed by atoms with Gasteiger partial charge in [0.05, 0.1) is 5.02 Å². The van der Waals surface area contributed by atoms with Crippen molar-refractivity contribution in [2.75, 3.05) is 13.1 Å². The summed E-state index contributed by atoms with van der Waals surface area (Å²) in [6, 6.07) is 3.57. The molecular formula is C11H16Cl3N3O. The molecule has 1 fully saturated rings. The van der Waals surface area contributed by atoms with Crippen molar-refractivity contribution in [3.05, 3.63) is 29.0 Å². The Morgan fingerprint density at radius 3 is 2.56 bits per heavy atom. The SMILES string of the molecule is Cl.Cl.O=C(NC1CCNCC1)c1ccc(Cl)cn1. The van der Waals surface area contributed by atoms with E-state index in [4.69, 9.17) is 11.6 Å². The second-order valence-corrected chi connectivity index (χ2v) is 4.30. The maximum atomic E-state index is 11.8. The highest BCUT2D eigenvalue weighted by Crippen LogP contribution is 2.07. The Morgan fingerprint density at radius 2 is 2.00 bits per heavy atom. The number of aromatic nitrogens is 1. The van der Waals surface area contributed by atoms with Crippen LogP contribution in [0.15, 0.2) is 18.3 Å². The van der Waals surface area contributed by atoms with Crippen LogP contribution in [0.2, 0.25) is 5.02 Å². The van der Waals surface area contributed by atoms with Crippen LogP contribution in [0.3, 0.4) is 0 Å². The van der Waals surface area contributed by atoms with Crippen molar-refractivity contribution < 1.29 is 4.79 Å². The minimum absolute atomic E-state index is 0. The number of hydrogen-bond donors (Lipinski definition) is 2. The van der Waals surface area contributed by atoms with Gasteiger partial charge >= 0.3 is 0 Å². The number of nitrogens with zero attached hydrogens (tertiary/aromatic N) is 1. The van der Waals surface area contributed by atoms with Crippen LogP contribution in [0.4, 0.5) is 0 Å². The van der Waals surface area contributed by atoms with Gasteiger partial charge in [0.1, 0.15) is 5.69 Å². The van der Waals surface area contributed by atoms with Gasteiger partial charge < -0.3 is 10.6 Å². The number of piperidine rings is 1. The largest absolute Gasteiger partial charge is 0.348 e. The van der Waals surface area contributed by atoms with Crippen LogP contribution in [0.1, 0.15) is 23.3 Å². The van der Waals surface area contributed by atoms with Crippen molar-refractivity contribution in [1.82, 2.24) is 15.6 Å². The van der Waals surface area contributed by atoms with E-state index in [1.165, 1.54) is 6.20 Å². The van der Waals surface area contributed by atoms with E-state index < -0.39 is 0 Å². The summed E-state index contributed by atoms with van der Waals surface area (Å²) in [5, 5.41) is 6.76. The fourth-order valence-corrected chi connectivity index (χ4v) is 1.85.